The van der Waals surface area contributed by atoms with E-state index in [1.165, 1.54) is 36.5 Å². The highest BCUT2D eigenvalue weighted by molar-refractivity contribution is 5.33. The molecule has 20 heavy (non-hydrogen) atoms. The Kier molecular flexibility index (Phi) is 3.83. The average Bonchev–Trinajstić information content (AvgIpc) is 2.47. The fraction of sp³-hybridized carbons (Fsp3) is 0.333. The van der Waals surface area contributed by atoms with E-state index in [2.05, 4.69) is 24.3 Å². The van der Waals surface area contributed by atoms with Crippen molar-refractivity contribution in [2.24, 2.45) is 5.73 Å². The fourth-order valence-corrected chi connectivity index (χ4v) is 3.28. The van der Waals surface area contributed by atoms with E-state index >= 15 is 0 Å². The van der Waals surface area contributed by atoms with Crippen molar-refractivity contribution in [1.29, 1.82) is 0 Å². The molecule has 1 nitrogen and oxygen atoms in total. The maximum atomic E-state index is 13.3. The Bertz CT molecular complexity index is 593. The molecule has 0 saturated carbocycles. The number of benzene rings is 2. The zero-order valence-corrected chi connectivity index (χ0v) is 11.6. The highest BCUT2D eigenvalue weighted by atomic mass is 19.1. The third-order valence-electron chi connectivity index (χ3n) is 4.31. The predicted molar refractivity (Wildman–Crippen MR) is 80.1 cm³/mol. The summed E-state index contributed by atoms with van der Waals surface area (Å²) in [5.74, 6) is 0.292. The summed E-state index contributed by atoms with van der Waals surface area (Å²) >= 11 is 0. The van der Waals surface area contributed by atoms with Crippen molar-refractivity contribution in [1.82, 2.24) is 0 Å². The summed E-state index contributed by atoms with van der Waals surface area (Å²) in [5, 5.41) is 0. The van der Waals surface area contributed by atoms with Crippen LogP contribution in [0.1, 0.15) is 47.9 Å². The van der Waals surface area contributed by atoms with E-state index in [0.717, 1.165) is 12.0 Å². The van der Waals surface area contributed by atoms with Crippen molar-refractivity contribution < 1.29 is 4.39 Å². The largest absolute Gasteiger partial charge is 0.324 e. The molecule has 0 aromatic heterocycles. The third kappa shape index (κ3) is 2.75. The van der Waals surface area contributed by atoms with Crippen molar-refractivity contribution in [2.45, 2.75) is 37.6 Å². The Hall–Kier alpha value is -1.67. The van der Waals surface area contributed by atoms with E-state index in [0.29, 0.717) is 5.92 Å². The second kappa shape index (κ2) is 5.76. The predicted octanol–water partition coefficient (Wildman–Crippen LogP) is 4.34. The minimum Gasteiger partial charge on any atom is -0.324 e. The Balaban J connectivity index is 1.79. The first-order chi connectivity index (χ1) is 9.74. The summed E-state index contributed by atoms with van der Waals surface area (Å²) in [6, 6.07) is 15.2. The van der Waals surface area contributed by atoms with Crippen LogP contribution in [0.25, 0.3) is 0 Å². The van der Waals surface area contributed by atoms with Crippen LogP contribution in [-0.4, -0.2) is 0 Å². The van der Waals surface area contributed by atoms with Gasteiger partial charge in [0.2, 0.25) is 0 Å². The molecule has 0 heterocycles. The van der Waals surface area contributed by atoms with Crippen LogP contribution in [0.2, 0.25) is 0 Å². The smallest absolute Gasteiger partial charge is 0.123 e. The number of halogens is 1. The van der Waals surface area contributed by atoms with Gasteiger partial charge in [0.15, 0.2) is 0 Å². The fourth-order valence-electron chi connectivity index (χ4n) is 3.28. The van der Waals surface area contributed by atoms with E-state index in [1.807, 2.05) is 6.07 Å². The van der Waals surface area contributed by atoms with Gasteiger partial charge in [-0.1, -0.05) is 36.4 Å². The first-order valence-electron chi connectivity index (χ1n) is 7.33. The summed E-state index contributed by atoms with van der Waals surface area (Å²) < 4.78 is 13.3. The molecule has 2 atom stereocenters. The van der Waals surface area contributed by atoms with Gasteiger partial charge in [0.25, 0.3) is 0 Å². The normalized spacial score (nSPS) is 19.4. The van der Waals surface area contributed by atoms with Gasteiger partial charge in [-0.15, -0.1) is 0 Å². The van der Waals surface area contributed by atoms with Crippen LogP contribution in [-0.2, 0) is 6.42 Å². The van der Waals surface area contributed by atoms with Crippen molar-refractivity contribution in [3.8, 4) is 0 Å². The molecule has 2 unspecified atom stereocenters. The highest BCUT2D eigenvalue weighted by Gasteiger charge is 2.22. The minimum atomic E-state index is -0.206. The van der Waals surface area contributed by atoms with Crippen LogP contribution in [0.4, 0.5) is 4.39 Å². The van der Waals surface area contributed by atoms with Crippen LogP contribution in [0.5, 0.6) is 0 Å². The van der Waals surface area contributed by atoms with E-state index in [4.69, 9.17) is 5.73 Å². The third-order valence-corrected chi connectivity index (χ3v) is 4.31. The standard InChI is InChI=1S/C18H20FN/c19-16-9-4-8-15(11-16)18(20)12-14-7-3-6-13-5-1-2-10-17(13)14/h1-2,4-5,8-11,14,18H,3,6-7,12,20H2. The molecule has 0 radical (unpaired) electrons. The van der Waals surface area contributed by atoms with E-state index in [-0.39, 0.29) is 11.9 Å². The number of fused-ring (bicyclic) bond motifs is 1. The summed E-state index contributed by atoms with van der Waals surface area (Å²) in [6.07, 6.45) is 4.46. The second-order valence-corrected chi connectivity index (χ2v) is 5.69. The van der Waals surface area contributed by atoms with Crippen molar-refractivity contribution >= 4 is 0 Å². The molecule has 0 amide bonds. The van der Waals surface area contributed by atoms with Gasteiger partial charge in [-0.25, -0.2) is 4.39 Å². The summed E-state index contributed by atoms with van der Waals surface area (Å²) in [7, 11) is 0. The van der Waals surface area contributed by atoms with Crippen LogP contribution in [0.3, 0.4) is 0 Å². The van der Waals surface area contributed by atoms with Crippen molar-refractivity contribution in [2.75, 3.05) is 0 Å². The molecule has 3 rings (SSSR count). The van der Waals surface area contributed by atoms with Gasteiger partial charge in [-0.3, -0.25) is 0 Å². The zero-order valence-electron chi connectivity index (χ0n) is 11.6. The van der Waals surface area contributed by atoms with Crippen LogP contribution >= 0.6 is 0 Å². The molecule has 104 valence electrons. The van der Waals surface area contributed by atoms with E-state index in [9.17, 15) is 4.39 Å². The maximum absolute atomic E-state index is 13.3. The van der Waals surface area contributed by atoms with Gasteiger partial charge in [-0.05, 0) is 60.4 Å². The summed E-state index contributed by atoms with van der Waals surface area (Å²) in [6.45, 7) is 0. The van der Waals surface area contributed by atoms with Crippen LogP contribution in [0, 0.1) is 5.82 Å². The van der Waals surface area contributed by atoms with Gasteiger partial charge < -0.3 is 5.73 Å². The lowest BCUT2D eigenvalue weighted by Gasteiger charge is -2.27. The molecular weight excluding hydrogens is 249 g/mol. The Labute approximate surface area is 119 Å². The number of hydrogen-bond donors (Lipinski definition) is 1. The average molecular weight is 269 g/mol. The lowest BCUT2D eigenvalue weighted by Crippen LogP contribution is -2.18. The number of hydrogen-bond acceptors (Lipinski definition) is 1. The SMILES string of the molecule is NC(CC1CCCc2ccccc21)c1cccc(F)c1. The Morgan fingerprint density at radius 2 is 2.00 bits per heavy atom. The highest BCUT2D eigenvalue weighted by Crippen LogP contribution is 2.36. The monoisotopic (exact) mass is 269 g/mol. The number of nitrogens with two attached hydrogens (primary N) is 1. The quantitative estimate of drug-likeness (QED) is 0.881. The number of aryl methyl sites for hydroxylation is 1. The number of rotatable bonds is 3. The lowest BCUT2D eigenvalue weighted by molar-refractivity contribution is 0.475. The second-order valence-electron chi connectivity index (χ2n) is 5.69. The molecular formula is C18H20FN. The molecule has 0 fully saturated rings. The van der Waals surface area contributed by atoms with Gasteiger partial charge in [-0.2, -0.15) is 0 Å². The summed E-state index contributed by atoms with van der Waals surface area (Å²) in [4.78, 5) is 0. The first kappa shape index (κ1) is 13.3. The first-order valence-corrected chi connectivity index (χ1v) is 7.33. The van der Waals surface area contributed by atoms with Crippen molar-refractivity contribution in [3.05, 3.63) is 71.0 Å². The minimum absolute atomic E-state index is 0.0955. The molecule has 1 aliphatic carbocycles. The van der Waals surface area contributed by atoms with Gasteiger partial charge >= 0.3 is 0 Å². The molecule has 2 N–H and O–H groups in total. The lowest BCUT2D eigenvalue weighted by atomic mass is 9.79. The Morgan fingerprint density at radius 3 is 2.85 bits per heavy atom. The van der Waals surface area contributed by atoms with Crippen LogP contribution < -0.4 is 5.73 Å². The summed E-state index contributed by atoms with van der Waals surface area (Å²) in [5.41, 5.74) is 10.1. The molecule has 1 aliphatic rings. The Morgan fingerprint density at radius 1 is 1.15 bits per heavy atom. The molecule has 0 aliphatic heterocycles. The molecule has 0 saturated heterocycles. The maximum Gasteiger partial charge on any atom is 0.123 e. The zero-order chi connectivity index (χ0) is 13.9. The molecule has 2 heteroatoms. The van der Waals surface area contributed by atoms with Gasteiger partial charge in [0, 0.05) is 6.04 Å². The van der Waals surface area contributed by atoms with Gasteiger partial charge in [0.1, 0.15) is 5.82 Å². The topological polar surface area (TPSA) is 26.0 Å². The van der Waals surface area contributed by atoms with Crippen molar-refractivity contribution in [3.63, 3.8) is 0 Å². The van der Waals surface area contributed by atoms with E-state index < -0.39 is 0 Å². The van der Waals surface area contributed by atoms with Crippen LogP contribution in [0.15, 0.2) is 48.5 Å². The molecule has 2 aromatic carbocycles. The molecule has 0 bridgehead atoms. The molecule has 2 aromatic rings. The molecule has 0 spiro atoms. The van der Waals surface area contributed by atoms with E-state index in [1.54, 1.807) is 12.1 Å². The van der Waals surface area contributed by atoms with Gasteiger partial charge in [0.05, 0.1) is 0 Å².